The lowest BCUT2D eigenvalue weighted by molar-refractivity contribution is 0.0232. The molecule has 0 spiro atoms. The number of anilines is 1. The third-order valence-corrected chi connectivity index (χ3v) is 2.87. The molecule has 0 aliphatic carbocycles. The zero-order valence-electron chi connectivity index (χ0n) is 9.36. The largest absolute Gasteiger partial charge is 0.382 e. The van der Waals surface area contributed by atoms with Crippen molar-refractivity contribution in [2.24, 2.45) is 0 Å². The number of hydrogen-bond acceptors (Lipinski definition) is 3. The molecule has 82 valence electrons. The van der Waals surface area contributed by atoms with Crippen molar-refractivity contribution >= 4 is 5.69 Å². The highest BCUT2D eigenvalue weighted by Gasteiger charge is 2.19. The van der Waals surface area contributed by atoms with Crippen LogP contribution in [0.5, 0.6) is 0 Å². The second-order valence-corrected chi connectivity index (χ2v) is 4.24. The number of hydrogen-bond donors (Lipinski definition) is 1. The second kappa shape index (κ2) is 4.62. The van der Waals surface area contributed by atoms with Crippen LogP contribution in [0.25, 0.3) is 0 Å². The molecule has 0 amide bonds. The van der Waals surface area contributed by atoms with Gasteiger partial charge in [-0.15, -0.1) is 0 Å². The highest BCUT2D eigenvalue weighted by atomic mass is 16.5. The van der Waals surface area contributed by atoms with Gasteiger partial charge in [0.1, 0.15) is 0 Å². The fraction of sp³-hybridized carbons (Fsp3) is 0.583. The van der Waals surface area contributed by atoms with Gasteiger partial charge in [0.15, 0.2) is 0 Å². The molecule has 1 N–H and O–H groups in total. The highest BCUT2D eigenvalue weighted by Crippen LogP contribution is 2.20. The van der Waals surface area contributed by atoms with E-state index < -0.39 is 0 Å². The lowest BCUT2D eigenvalue weighted by atomic mass is 10.0. The van der Waals surface area contributed by atoms with Crippen LogP contribution in [0.4, 0.5) is 5.69 Å². The maximum absolute atomic E-state index is 5.52. The van der Waals surface area contributed by atoms with Crippen LogP contribution < -0.4 is 5.32 Å². The Balaban J connectivity index is 1.99. The first-order valence-corrected chi connectivity index (χ1v) is 5.54. The average molecular weight is 206 g/mol. The van der Waals surface area contributed by atoms with Crippen molar-refractivity contribution in [3.8, 4) is 0 Å². The van der Waals surface area contributed by atoms with Crippen molar-refractivity contribution in [1.82, 2.24) is 4.98 Å². The molecular formula is C12H18N2O. The first-order valence-electron chi connectivity index (χ1n) is 5.54. The topological polar surface area (TPSA) is 34.2 Å². The van der Waals surface area contributed by atoms with Gasteiger partial charge in [-0.2, -0.15) is 0 Å². The summed E-state index contributed by atoms with van der Waals surface area (Å²) in [6.07, 6.45) is 6.27. The maximum Gasteiger partial charge on any atom is 0.0566 e. The third kappa shape index (κ3) is 2.69. The molecule has 0 radical (unpaired) electrons. The molecule has 3 nitrogen and oxygen atoms in total. The van der Waals surface area contributed by atoms with Gasteiger partial charge in [0.25, 0.3) is 0 Å². The number of aryl methyl sites for hydroxylation is 1. The molecule has 2 heterocycles. The van der Waals surface area contributed by atoms with E-state index in [-0.39, 0.29) is 0 Å². The van der Waals surface area contributed by atoms with Crippen LogP contribution in [0.2, 0.25) is 0 Å². The summed E-state index contributed by atoms with van der Waals surface area (Å²) in [6, 6.07) is 2.57. The zero-order valence-corrected chi connectivity index (χ0v) is 9.36. The van der Waals surface area contributed by atoms with Crippen molar-refractivity contribution in [2.75, 3.05) is 11.9 Å². The molecule has 1 aromatic rings. The van der Waals surface area contributed by atoms with E-state index in [9.17, 15) is 0 Å². The first-order chi connectivity index (χ1) is 7.25. The Kier molecular flexibility index (Phi) is 3.21. The van der Waals surface area contributed by atoms with Crippen LogP contribution >= 0.6 is 0 Å². The summed E-state index contributed by atoms with van der Waals surface area (Å²) in [5.74, 6) is 0. The molecule has 15 heavy (non-hydrogen) atoms. The van der Waals surface area contributed by atoms with Gasteiger partial charge in [0, 0.05) is 30.7 Å². The summed E-state index contributed by atoms with van der Waals surface area (Å²) < 4.78 is 5.52. The summed E-state index contributed by atoms with van der Waals surface area (Å²) in [7, 11) is 0. The Morgan fingerprint density at radius 1 is 1.53 bits per heavy atom. The molecule has 3 heteroatoms. The lowest BCUT2D eigenvalue weighted by Crippen LogP contribution is -2.32. The number of nitrogens with zero attached hydrogens (tertiary/aromatic N) is 1. The van der Waals surface area contributed by atoms with Gasteiger partial charge in [-0.25, -0.2) is 0 Å². The molecule has 0 bridgehead atoms. The van der Waals surface area contributed by atoms with Crippen LogP contribution in [0, 0.1) is 6.92 Å². The SMILES string of the molecule is Cc1cnccc1NC1CCOC(C)C1. The standard InChI is InChI=1S/C12H18N2O/c1-9-8-13-5-3-12(9)14-11-4-6-15-10(2)7-11/h3,5,8,10-11H,4,6-7H2,1-2H3,(H,13,14). The van der Waals surface area contributed by atoms with E-state index in [1.165, 1.54) is 11.3 Å². The minimum absolute atomic E-state index is 0.374. The van der Waals surface area contributed by atoms with E-state index in [1.54, 1.807) is 0 Å². The second-order valence-electron chi connectivity index (χ2n) is 4.24. The minimum atomic E-state index is 0.374. The van der Waals surface area contributed by atoms with Gasteiger partial charge in [0.2, 0.25) is 0 Å². The zero-order chi connectivity index (χ0) is 10.7. The van der Waals surface area contributed by atoms with Gasteiger partial charge in [-0.3, -0.25) is 4.98 Å². The van der Waals surface area contributed by atoms with E-state index >= 15 is 0 Å². The molecule has 1 aromatic heterocycles. The Bertz CT molecular complexity index is 327. The molecule has 2 rings (SSSR count). The van der Waals surface area contributed by atoms with Gasteiger partial charge in [-0.05, 0) is 38.3 Å². The molecule has 1 aliphatic rings. The fourth-order valence-corrected chi connectivity index (χ4v) is 1.98. The Hall–Kier alpha value is -1.09. The minimum Gasteiger partial charge on any atom is -0.382 e. The maximum atomic E-state index is 5.52. The summed E-state index contributed by atoms with van der Waals surface area (Å²) in [4.78, 5) is 4.09. The van der Waals surface area contributed by atoms with Crippen molar-refractivity contribution in [1.29, 1.82) is 0 Å². The highest BCUT2D eigenvalue weighted by molar-refractivity contribution is 5.49. The quantitative estimate of drug-likeness (QED) is 0.806. The van der Waals surface area contributed by atoms with Crippen LogP contribution in [-0.2, 0) is 4.74 Å². The van der Waals surface area contributed by atoms with Gasteiger partial charge in [0.05, 0.1) is 6.10 Å². The normalized spacial score (nSPS) is 26.3. The van der Waals surface area contributed by atoms with Gasteiger partial charge in [-0.1, -0.05) is 0 Å². The first kappa shape index (κ1) is 10.4. The van der Waals surface area contributed by atoms with E-state index in [0.29, 0.717) is 12.1 Å². The molecule has 0 saturated carbocycles. The molecule has 2 unspecified atom stereocenters. The summed E-state index contributed by atoms with van der Waals surface area (Å²) in [5.41, 5.74) is 2.40. The van der Waals surface area contributed by atoms with Crippen LogP contribution in [0.3, 0.4) is 0 Å². The lowest BCUT2D eigenvalue weighted by Gasteiger charge is -2.29. The van der Waals surface area contributed by atoms with Crippen molar-refractivity contribution in [3.05, 3.63) is 24.0 Å². The number of pyridine rings is 1. The Labute approximate surface area is 90.9 Å². The summed E-state index contributed by atoms with van der Waals surface area (Å²) >= 11 is 0. The van der Waals surface area contributed by atoms with E-state index in [1.807, 2.05) is 18.5 Å². The van der Waals surface area contributed by atoms with Crippen molar-refractivity contribution < 1.29 is 4.74 Å². The Morgan fingerprint density at radius 2 is 2.40 bits per heavy atom. The van der Waals surface area contributed by atoms with Crippen molar-refractivity contribution in [2.45, 2.75) is 38.8 Å². The molecule has 1 fully saturated rings. The predicted molar refractivity (Wildman–Crippen MR) is 61.0 cm³/mol. The molecule has 1 saturated heterocycles. The summed E-state index contributed by atoms with van der Waals surface area (Å²) in [6.45, 7) is 5.08. The predicted octanol–water partition coefficient (Wildman–Crippen LogP) is 2.37. The average Bonchev–Trinajstić information content (AvgIpc) is 2.22. The number of nitrogens with one attached hydrogen (secondary N) is 1. The molecule has 1 aliphatic heterocycles. The monoisotopic (exact) mass is 206 g/mol. The Morgan fingerprint density at radius 3 is 3.13 bits per heavy atom. The molecular weight excluding hydrogens is 188 g/mol. The molecule has 0 aromatic carbocycles. The van der Waals surface area contributed by atoms with Crippen molar-refractivity contribution in [3.63, 3.8) is 0 Å². The van der Waals surface area contributed by atoms with Crippen LogP contribution in [-0.4, -0.2) is 23.7 Å². The van der Waals surface area contributed by atoms with Gasteiger partial charge >= 0.3 is 0 Å². The third-order valence-electron chi connectivity index (χ3n) is 2.87. The molecule has 2 atom stereocenters. The van der Waals surface area contributed by atoms with Crippen LogP contribution in [0.1, 0.15) is 25.3 Å². The van der Waals surface area contributed by atoms with E-state index in [2.05, 4.69) is 24.1 Å². The number of rotatable bonds is 2. The smallest absolute Gasteiger partial charge is 0.0566 e. The fourth-order valence-electron chi connectivity index (χ4n) is 1.98. The number of ether oxygens (including phenoxy) is 1. The van der Waals surface area contributed by atoms with Gasteiger partial charge < -0.3 is 10.1 Å². The van der Waals surface area contributed by atoms with Crippen LogP contribution in [0.15, 0.2) is 18.5 Å². The van der Waals surface area contributed by atoms with E-state index in [4.69, 9.17) is 4.74 Å². The van der Waals surface area contributed by atoms with E-state index in [0.717, 1.165) is 19.4 Å². The summed E-state index contributed by atoms with van der Waals surface area (Å²) in [5, 5.41) is 3.56. The number of aromatic nitrogens is 1.